The number of aryl methyl sites for hydroxylation is 1. The number of halogens is 2. The van der Waals surface area contributed by atoms with Crippen LogP contribution in [0.2, 0.25) is 0 Å². The zero-order chi connectivity index (χ0) is 24.9. The number of carbonyl (C=O) groups excluding carboxylic acids is 3. The Hall–Kier alpha value is -3.66. The van der Waals surface area contributed by atoms with Crippen molar-refractivity contribution >= 4 is 39.9 Å². The molecule has 1 saturated heterocycles. The van der Waals surface area contributed by atoms with Crippen LogP contribution in [0.4, 0.5) is 19.6 Å². The number of carbonyl (C=O) groups is 3. The summed E-state index contributed by atoms with van der Waals surface area (Å²) in [5.41, 5.74) is 2.73. The molecule has 1 unspecified atom stereocenters. The van der Waals surface area contributed by atoms with Gasteiger partial charge in [-0.05, 0) is 30.5 Å². The minimum Gasteiger partial charge on any atom is -0.356 e. The highest BCUT2D eigenvalue weighted by Gasteiger charge is 2.36. The number of nitrogens with one attached hydrogen (secondary N) is 2. The van der Waals surface area contributed by atoms with Gasteiger partial charge >= 0.3 is 0 Å². The molecule has 2 aromatic carbocycles. The molecule has 182 valence electrons. The Labute approximate surface area is 205 Å². The number of anilines is 2. The minimum atomic E-state index is -0.845. The molecule has 1 atom stereocenters. The van der Waals surface area contributed by atoms with E-state index in [1.807, 2.05) is 29.6 Å². The molecule has 3 amide bonds. The molecule has 1 aliphatic heterocycles. The van der Waals surface area contributed by atoms with E-state index >= 15 is 0 Å². The van der Waals surface area contributed by atoms with Crippen molar-refractivity contribution in [1.82, 2.24) is 10.3 Å². The van der Waals surface area contributed by atoms with Crippen molar-refractivity contribution in [3.05, 3.63) is 65.0 Å². The van der Waals surface area contributed by atoms with Crippen LogP contribution in [-0.2, 0) is 20.8 Å². The number of amides is 3. The van der Waals surface area contributed by atoms with Crippen LogP contribution >= 0.6 is 11.3 Å². The van der Waals surface area contributed by atoms with Gasteiger partial charge in [-0.1, -0.05) is 24.3 Å². The molecule has 0 bridgehead atoms. The topological polar surface area (TPSA) is 91.4 Å². The quantitative estimate of drug-likeness (QED) is 0.457. The maximum atomic E-state index is 14.1. The third-order valence-corrected chi connectivity index (χ3v) is 6.45. The maximum absolute atomic E-state index is 14.1. The molecule has 0 saturated carbocycles. The van der Waals surface area contributed by atoms with Gasteiger partial charge in [0.1, 0.15) is 11.6 Å². The van der Waals surface area contributed by atoms with Crippen LogP contribution in [0, 0.1) is 17.6 Å². The lowest BCUT2D eigenvalue weighted by molar-refractivity contribution is -0.122. The van der Waals surface area contributed by atoms with Gasteiger partial charge in [-0.25, -0.2) is 13.8 Å². The SMILES string of the molecule is CC(=O)NCCCc1ccc(-c2csc(NC(=O)C3CC(=O)N(c4ccc(F)cc4F)C3)n2)cc1. The monoisotopic (exact) mass is 498 g/mol. The second-order valence-electron chi connectivity index (χ2n) is 8.31. The molecule has 4 rings (SSSR count). The highest BCUT2D eigenvalue weighted by molar-refractivity contribution is 7.14. The molecule has 0 spiro atoms. The lowest BCUT2D eigenvalue weighted by Crippen LogP contribution is -2.28. The third-order valence-electron chi connectivity index (χ3n) is 5.70. The van der Waals surface area contributed by atoms with Crippen LogP contribution < -0.4 is 15.5 Å². The summed E-state index contributed by atoms with van der Waals surface area (Å²) in [5, 5.41) is 7.76. The first-order valence-electron chi connectivity index (χ1n) is 11.2. The van der Waals surface area contributed by atoms with Gasteiger partial charge < -0.3 is 15.5 Å². The van der Waals surface area contributed by atoms with Crippen LogP contribution in [-0.4, -0.2) is 35.8 Å². The van der Waals surface area contributed by atoms with Crippen LogP contribution in [0.1, 0.15) is 25.3 Å². The van der Waals surface area contributed by atoms with Gasteiger partial charge in [-0.3, -0.25) is 14.4 Å². The molecule has 2 heterocycles. The van der Waals surface area contributed by atoms with Crippen molar-refractivity contribution in [1.29, 1.82) is 0 Å². The predicted octanol–water partition coefficient (Wildman–Crippen LogP) is 4.15. The summed E-state index contributed by atoms with van der Waals surface area (Å²) in [7, 11) is 0. The molecule has 1 aromatic heterocycles. The van der Waals surface area contributed by atoms with Gasteiger partial charge in [0, 0.05) is 43.4 Å². The Morgan fingerprint density at radius 2 is 1.94 bits per heavy atom. The summed E-state index contributed by atoms with van der Waals surface area (Å²) in [6, 6.07) is 10.9. The second kappa shape index (κ2) is 10.7. The number of benzene rings is 2. The van der Waals surface area contributed by atoms with E-state index in [0.29, 0.717) is 23.4 Å². The molecule has 1 fully saturated rings. The largest absolute Gasteiger partial charge is 0.356 e. The van der Waals surface area contributed by atoms with E-state index in [9.17, 15) is 23.2 Å². The Morgan fingerprint density at radius 3 is 2.66 bits per heavy atom. The molecule has 0 radical (unpaired) electrons. The first kappa shape index (κ1) is 24.5. The second-order valence-corrected chi connectivity index (χ2v) is 9.17. The Bertz CT molecular complexity index is 1250. The van der Waals surface area contributed by atoms with Crippen LogP contribution in [0.15, 0.2) is 47.8 Å². The smallest absolute Gasteiger partial charge is 0.231 e. The maximum Gasteiger partial charge on any atom is 0.231 e. The fraction of sp³-hybridized carbons (Fsp3) is 0.280. The fourth-order valence-corrected chi connectivity index (χ4v) is 4.61. The number of hydrogen-bond acceptors (Lipinski definition) is 5. The highest BCUT2D eigenvalue weighted by atomic mass is 32.1. The van der Waals surface area contributed by atoms with E-state index in [0.717, 1.165) is 30.0 Å². The molecule has 0 aliphatic carbocycles. The summed E-state index contributed by atoms with van der Waals surface area (Å²) >= 11 is 1.27. The van der Waals surface area contributed by atoms with E-state index in [-0.39, 0.29) is 30.5 Å². The summed E-state index contributed by atoms with van der Waals surface area (Å²) in [5.74, 6) is -3.06. The molecule has 1 aliphatic rings. The summed E-state index contributed by atoms with van der Waals surface area (Å²) < 4.78 is 27.3. The third kappa shape index (κ3) is 6.07. The van der Waals surface area contributed by atoms with E-state index in [1.165, 1.54) is 29.2 Å². The van der Waals surface area contributed by atoms with Gasteiger partial charge in [0.15, 0.2) is 5.13 Å². The minimum absolute atomic E-state index is 0.00878. The van der Waals surface area contributed by atoms with Crippen molar-refractivity contribution in [2.24, 2.45) is 5.92 Å². The van der Waals surface area contributed by atoms with Crippen molar-refractivity contribution in [3.63, 3.8) is 0 Å². The number of thiazole rings is 1. The molecule has 10 heteroatoms. The number of aromatic nitrogens is 1. The predicted molar refractivity (Wildman–Crippen MR) is 130 cm³/mol. The molecule has 7 nitrogen and oxygen atoms in total. The van der Waals surface area contributed by atoms with Gasteiger partial charge in [0.25, 0.3) is 0 Å². The Kier molecular flexibility index (Phi) is 7.50. The van der Waals surface area contributed by atoms with Crippen LogP contribution in [0.3, 0.4) is 0 Å². The number of rotatable bonds is 8. The zero-order valence-electron chi connectivity index (χ0n) is 19.0. The van der Waals surface area contributed by atoms with E-state index in [2.05, 4.69) is 15.6 Å². The average molecular weight is 499 g/mol. The van der Waals surface area contributed by atoms with Gasteiger partial charge in [-0.15, -0.1) is 11.3 Å². The van der Waals surface area contributed by atoms with E-state index in [4.69, 9.17) is 0 Å². The molecule has 2 N–H and O–H groups in total. The normalized spacial score (nSPS) is 15.3. The van der Waals surface area contributed by atoms with E-state index < -0.39 is 23.5 Å². The van der Waals surface area contributed by atoms with Crippen molar-refractivity contribution in [2.45, 2.75) is 26.2 Å². The summed E-state index contributed by atoms with van der Waals surface area (Å²) in [6.07, 6.45) is 1.63. The Balaban J connectivity index is 1.33. The van der Waals surface area contributed by atoms with Crippen molar-refractivity contribution in [3.8, 4) is 11.3 Å². The molecule has 3 aromatic rings. The van der Waals surface area contributed by atoms with Crippen LogP contribution in [0.5, 0.6) is 0 Å². The Morgan fingerprint density at radius 1 is 1.17 bits per heavy atom. The van der Waals surface area contributed by atoms with Crippen molar-refractivity contribution in [2.75, 3.05) is 23.3 Å². The molecular weight excluding hydrogens is 474 g/mol. The lowest BCUT2D eigenvalue weighted by Gasteiger charge is -2.17. The highest BCUT2D eigenvalue weighted by Crippen LogP contribution is 2.30. The first-order valence-corrected chi connectivity index (χ1v) is 12.0. The van der Waals surface area contributed by atoms with E-state index in [1.54, 1.807) is 0 Å². The van der Waals surface area contributed by atoms with Gasteiger partial charge in [0.2, 0.25) is 17.7 Å². The molecule has 35 heavy (non-hydrogen) atoms. The standard InChI is InChI=1S/C25H24F2N4O3S/c1-15(32)28-10-2-3-16-4-6-17(7-5-16)21-14-35-25(29-21)30-24(34)18-11-23(33)31(13-18)22-9-8-19(26)12-20(22)27/h4-9,12,14,18H,2-3,10-11,13H2,1H3,(H,28,32)(H,29,30,34). The first-order chi connectivity index (χ1) is 16.8. The lowest BCUT2D eigenvalue weighted by atomic mass is 10.1. The van der Waals surface area contributed by atoms with Gasteiger partial charge in [-0.2, -0.15) is 0 Å². The zero-order valence-corrected chi connectivity index (χ0v) is 19.8. The number of hydrogen-bond donors (Lipinski definition) is 2. The van der Waals surface area contributed by atoms with Gasteiger partial charge in [0.05, 0.1) is 17.3 Å². The molecular formula is C25H24F2N4O3S. The average Bonchev–Trinajstić information content (AvgIpc) is 3.44. The van der Waals surface area contributed by atoms with Crippen LogP contribution in [0.25, 0.3) is 11.3 Å². The van der Waals surface area contributed by atoms with Crippen molar-refractivity contribution < 1.29 is 23.2 Å². The summed E-state index contributed by atoms with van der Waals surface area (Å²) in [6.45, 7) is 2.14. The summed E-state index contributed by atoms with van der Waals surface area (Å²) in [4.78, 5) is 41.7. The fourth-order valence-electron chi connectivity index (χ4n) is 3.89. The number of nitrogens with zero attached hydrogens (tertiary/aromatic N) is 2.